The van der Waals surface area contributed by atoms with Gasteiger partial charge in [-0.1, -0.05) is 0 Å². The Kier molecular flexibility index (Phi) is 14.5. The minimum absolute atomic E-state index is 0.269. The molecule has 4 rings (SSSR count). The molecular formula is C26H25N5O25S8. The van der Waals surface area contributed by atoms with Crippen molar-refractivity contribution in [2.45, 2.75) is 29.4 Å². The highest BCUT2D eigenvalue weighted by Crippen LogP contribution is 2.48. The molecule has 30 nitrogen and oxygen atoms in total. The van der Waals surface area contributed by atoms with Crippen LogP contribution in [0.25, 0.3) is 10.8 Å². The van der Waals surface area contributed by atoms with E-state index in [-0.39, 0.29) is 12.1 Å². The van der Waals surface area contributed by atoms with E-state index in [4.69, 9.17) is 14.8 Å². The lowest BCUT2D eigenvalue weighted by molar-refractivity contribution is 0.282. The fourth-order valence-electron chi connectivity index (χ4n) is 5.00. The van der Waals surface area contributed by atoms with Gasteiger partial charge in [-0.3, -0.25) is 27.3 Å². The quantitative estimate of drug-likeness (QED) is 0.0393. The average Bonchev–Trinajstić information content (AvgIpc) is 3.10. The summed E-state index contributed by atoms with van der Waals surface area (Å²) in [6.45, 7) is -2.34. The number of hydrogen-bond acceptors (Lipinski definition) is 24. The predicted octanol–water partition coefficient (Wildman–Crippen LogP) is 1.13. The van der Waals surface area contributed by atoms with Crippen LogP contribution >= 0.6 is 0 Å². The number of phenolic OH excluding ortho intramolecular Hbond substituents is 1. The number of nitrogen functional groups attached to an aromatic ring is 1. The second kappa shape index (κ2) is 17.9. The van der Waals surface area contributed by atoms with Gasteiger partial charge in [0.2, 0.25) is 0 Å². The summed E-state index contributed by atoms with van der Waals surface area (Å²) in [4.78, 5) is -7.40. The molecule has 0 bridgehead atoms. The predicted molar refractivity (Wildman–Crippen MR) is 210 cm³/mol. The molecule has 352 valence electrons. The van der Waals surface area contributed by atoms with Gasteiger partial charge < -0.3 is 10.8 Å². The molecule has 0 aliphatic heterocycles. The van der Waals surface area contributed by atoms with Crippen molar-refractivity contribution in [1.82, 2.24) is 0 Å². The molecule has 0 radical (unpaired) electrons. The van der Waals surface area contributed by atoms with Crippen LogP contribution in [0.3, 0.4) is 0 Å². The Balaban J connectivity index is 1.95. The van der Waals surface area contributed by atoms with Crippen molar-refractivity contribution >= 4 is 120 Å². The monoisotopic (exact) mass is 1060 g/mol. The molecule has 0 atom stereocenters. The number of nitrogens with two attached hydrogens (primary N) is 1. The smallest absolute Gasteiger partial charge is 0.397 e. The highest BCUT2D eigenvalue weighted by molar-refractivity contribution is 7.92. The van der Waals surface area contributed by atoms with E-state index >= 15 is 0 Å². The number of nitrogens with zero attached hydrogens (tertiary/aromatic N) is 4. The third-order valence-corrected chi connectivity index (χ3v) is 15.5. The normalized spacial score (nSPS) is 13.9. The first-order valence-electron chi connectivity index (χ1n) is 15.7. The number of phenols is 1. The number of hydrogen-bond donors (Lipinski definition) is 8. The lowest BCUT2D eigenvalue weighted by Gasteiger charge is -2.14. The first-order chi connectivity index (χ1) is 28.8. The molecular weight excluding hydrogens is 1040 g/mol. The number of rotatable bonds is 18. The molecule has 0 heterocycles. The molecule has 0 aliphatic rings. The molecule has 4 aromatic carbocycles. The van der Waals surface area contributed by atoms with Gasteiger partial charge >= 0.3 is 20.8 Å². The number of azo groups is 2. The third kappa shape index (κ3) is 12.7. The highest BCUT2D eigenvalue weighted by Gasteiger charge is 2.30. The summed E-state index contributed by atoms with van der Waals surface area (Å²) in [5.74, 6) is -3.85. The Labute approximate surface area is 360 Å². The Morgan fingerprint density at radius 3 is 1.16 bits per heavy atom. The van der Waals surface area contributed by atoms with Crippen molar-refractivity contribution in [2.75, 3.05) is 30.5 Å². The molecule has 4 aromatic rings. The van der Waals surface area contributed by atoms with E-state index in [1.54, 1.807) is 0 Å². The zero-order valence-corrected chi connectivity index (χ0v) is 37.1. The Bertz CT molecular complexity index is 3360. The highest BCUT2D eigenvalue weighted by atomic mass is 32.3. The van der Waals surface area contributed by atoms with Gasteiger partial charge in [0.05, 0.1) is 45.6 Å². The summed E-state index contributed by atoms with van der Waals surface area (Å²) in [5, 5.41) is 23.3. The summed E-state index contributed by atoms with van der Waals surface area (Å²) in [6, 6.07) is 3.63. The average molecular weight is 1060 g/mol. The fourth-order valence-corrected chi connectivity index (χ4v) is 10.8. The van der Waals surface area contributed by atoms with Gasteiger partial charge in [-0.25, -0.2) is 25.2 Å². The summed E-state index contributed by atoms with van der Waals surface area (Å²) < 4.78 is 258. The Morgan fingerprint density at radius 2 is 0.812 bits per heavy atom. The van der Waals surface area contributed by atoms with Gasteiger partial charge in [0.25, 0.3) is 40.5 Å². The lowest BCUT2D eigenvalue weighted by Crippen LogP contribution is -2.16. The first kappa shape index (κ1) is 51.9. The molecule has 0 aliphatic carbocycles. The summed E-state index contributed by atoms with van der Waals surface area (Å²) >= 11 is 0. The Hall–Kier alpha value is -4.78. The van der Waals surface area contributed by atoms with Crippen molar-refractivity contribution in [1.29, 1.82) is 0 Å². The van der Waals surface area contributed by atoms with Crippen LogP contribution < -0.4 is 5.73 Å². The zero-order valence-electron chi connectivity index (χ0n) is 30.6. The standard InChI is InChI=1S/C26H25N5O25S8/c27-23-22-13(9-20(61(43,44)45)24(23)30-28-16-3-1-14(11-18(16)59(37,38)39)57(33,34)7-5-55-63(49,50)51)10-21(62(46,47)48)25(26(22)32)31-29-17-4-2-15(12-19(17)60(40,41)42)58(35,36)8-6-56-64(52,53)54/h1-4,9-12,32H,5-8,27H2,(H,37,38,39)(H,40,41,42)(H,43,44,45)(H,46,47,48)(H,49,50,51)(H,52,53,54). The number of sulfone groups is 2. The second-order valence-corrected chi connectivity index (χ2v) is 24.0. The minimum Gasteiger partial charge on any atom is -0.505 e. The van der Waals surface area contributed by atoms with Gasteiger partial charge in [0.15, 0.2) is 25.4 Å². The molecule has 0 saturated carbocycles. The van der Waals surface area contributed by atoms with Crippen LogP contribution in [0.1, 0.15) is 0 Å². The van der Waals surface area contributed by atoms with Crippen LogP contribution in [-0.4, -0.2) is 124 Å². The second-order valence-electron chi connectivity index (χ2n) is 12.0. The van der Waals surface area contributed by atoms with Crippen LogP contribution in [-0.2, 0) is 89.3 Å². The first-order valence-corrected chi connectivity index (χ1v) is 27.5. The van der Waals surface area contributed by atoms with Crippen LogP contribution in [0.5, 0.6) is 5.75 Å². The van der Waals surface area contributed by atoms with Crippen molar-refractivity contribution in [3.05, 3.63) is 48.5 Å². The zero-order chi connectivity index (χ0) is 48.8. The number of benzene rings is 4. The lowest BCUT2D eigenvalue weighted by atomic mass is 10.1. The van der Waals surface area contributed by atoms with Gasteiger partial charge in [-0.05, 0) is 53.9 Å². The van der Waals surface area contributed by atoms with E-state index in [0.29, 0.717) is 36.4 Å². The van der Waals surface area contributed by atoms with Crippen molar-refractivity contribution in [3.8, 4) is 5.75 Å². The molecule has 9 N–H and O–H groups in total. The van der Waals surface area contributed by atoms with Crippen molar-refractivity contribution < 1.29 is 108 Å². The molecule has 0 amide bonds. The molecule has 0 saturated heterocycles. The van der Waals surface area contributed by atoms with Gasteiger partial charge in [-0.15, -0.1) is 20.5 Å². The van der Waals surface area contributed by atoms with Gasteiger partial charge in [0, 0.05) is 0 Å². The fraction of sp³-hybridized carbons (Fsp3) is 0.154. The molecule has 64 heavy (non-hydrogen) atoms. The van der Waals surface area contributed by atoms with Crippen LogP contribution in [0.4, 0.5) is 28.4 Å². The van der Waals surface area contributed by atoms with E-state index in [9.17, 15) is 90.7 Å². The maximum Gasteiger partial charge on any atom is 0.397 e. The van der Waals surface area contributed by atoms with Crippen LogP contribution in [0, 0.1) is 0 Å². The molecule has 0 spiro atoms. The van der Waals surface area contributed by atoms with Crippen LogP contribution in [0.15, 0.2) is 98.4 Å². The minimum atomic E-state index is -5.59. The van der Waals surface area contributed by atoms with Crippen molar-refractivity contribution in [3.63, 3.8) is 0 Å². The molecule has 38 heteroatoms. The van der Waals surface area contributed by atoms with Gasteiger partial charge in [-0.2, -0.15) is 50.5 Å². The SMILES string of the molecule is Nc1c(N=Nc2ccc(S(=O)(=O)CCOS(=O)(=O)O)cc2S(=O)(=O)O)c(S(=O)(=O)O)cc2cc(S(=O)(=O)O)c(N=Nc3ccc(S(=O)(=O)CCOS(=O)(=O)O)cc3S(=O)(=O)O)c(O)c12. The van der Waals surface area contributed by atoms with E-state index in [0.717, 1.165) is 0 Å². The number of fused-ring (bicyclic) bond motifs is 1. The summed E-state index contributed by atoms with van der Waals surface area (Å²) in [5.41, 5.74) is 0.422. The largest absolute Gasteiger partial charge is 0.505 e. The van der Waals surface area contributed by atoms with Crippen LogP contribution in [0.2, 0.25) is 0 Å². The summed E-state index contributed by atoms with van der Waals surface area (Å²) in [6.07, 6.45) is 0. The maximum absolute atomic E-state index is 12.7. The van der Waals surface area contributed by atoms with Gasteiger partial charge in [0.1, 0.15) is 42.3 Å². The molecule has 0 unspecified atom stereocenters. The number of anilines is 1. The van der Waals surface area contributed by atoms with Crippen molar-refractivity contribution in [2.24, 2.45) is 20.5 Å². The third-order valence-electron chi connectivity index (χ3n) is 7.69. The number of aromatic hydroxyl groups is 1. The maximum atomic E-state index is 12.7. The topological polar surface area (TPSA) is 509 Å². The van der Waals surface area contributed by atoms with E-state index in [2.05, 4.69) is 28.8 Å². The Morgan fingerprint density at radius 1 is 0.469 bits per heavy atom. The molecule has 0 aromatic heterocycles. The van der Waals surface area contributed by atoms with E-state index in [1.807, 2.05) is 0 Å². The molecule has 0 fully saturated rings. The summed E-state index contributed by atoms with van der Waals surface area (Å²) in [7, 11) is -41.7. The van der Waals surface area contributed by atoms with E-state index < -0.39 is 180 Å². The van der Waals surface area contributed by atoms with E-state index in [1.165, 1.54) is 0 Å².